The molecule has 0 unspecified atom stereocenters. The van der Waals surface area contributed by atoms with Crippen LogP contribution in [0, 0.1) is 0 Å². The first kappa shape index (κ1) is 21.2. The van der Waals surface area contributed by atoms with Gasteiger partial charge in [-0.2, -0.15) is 0 Å². The van der Waals surface area contributed by atoms with Crippen LogP contribution in [0.3, 0.4) is 0 Å². The monoisotopic (exact) mass is 490 g/mol. The van der Waals surface area contributed by atoms with Gasteiger partial charge < -0.3 is 0 Å². The molecule has 0 radical (unpaired) electrons. The number of hydrogen-bond donors (Lipinski definition) is 0. The fraction of sp³-hybridized carbons (Fsp3) is 0.318. The molecule has 2 aliphatic heterocycles. The first-order valence-electron chi connectivity index (χ1n) is 9.63. The van der Waals surface area contributed by atoms with E-state index in [1.807, 2.05) is 54.6 Å². The van der Waals surface area contributed by atoms with Gasteiger partial charge in [-0.3, -0.25) is 0 Å². The third-order valence-corrected chi connectivity index (χ3v) is 8.73. The van der Waals surface area contributed by atoms with Crippen molar-refractivity contribution in [2.24, 2.45) is 0 Å². The van der Waals surface area contributed by atoms with Gasteiger partial charge >= 0.3 is 186 Å². The summed E-state index contributed by atoms with van der Waals surface area (Å²) in [6.07, 6.45) is -1.79. The van der Waals surface area contributed by atoms with Gasteiger partial charge in [0.05, 0.1) is 0 Å². The number of hydrogen-bond acceptors (Lipinski definition) is 6. The number of para-hydroxylation sites is 1. The van der Waals surface area contributed by atoms with Crippen LogP contribution in [0.25, 0.3) is 0 Å². The van der Waals surface area contributed by atoms with Gasteiger partial charge in [0.2, 0.25) is 0 Å². The van der Waals surface area contributed by atoms with Crippen LogP contribution in [0.5, 0.6) is 0 Å². The van der Waals surface area contributed by atoms with Crippen LogP contribution >= 0.6 is 0 Å². The number of methoxy groups -OCH3 is 3. The number of rotatable bonds is 3. The summed E-state index contributed by atoms with van der Waals surface area (Å²) in [6, 6.07) is 16.5. The molecule has 0 spiro atoms. The van der Waals surface area contributed by atoms with Crippen LogP contribution in [0.15, 0.2) is 54.6 Å². The van der Waals surface area contributed by atoms with Crippen molar-refractivity contribution in [3.8, 4) is 0 Å². The normalized spacial score (nSPS) is 23.7. The summed E-state index contributed by atoms with van der Waals surface area (Å²) in [5, 5.41) is 0. The zero-order chi connectivity index (χ0) is 22.2. The van der Waals surface area contributed by atoms with Gasteiger partial charge in [-0.05, 0) is 0 Å². The number of anilines is 1. The van der Waals surface area contributed by atoms with Crippen molar-refractivity contribution >= 4 is 43.3 Å². The SMILES string of the molecule is COC(=O)[C@@H]1C[C@]2([Se]c3ccccc3)c3ccccc3N(C(=O)OC)[C@@H]2N1C(=O)OC. The second-order valence-corrected chi connectivity index (χ2v) is 10.1. The number of fused-ring (bicyclic) bond motifs is 3. The Morgan fingerprint density at radius 1 is 0.903 bits per heavy atom. The molecule has 0 aliphatic carbocycles. The molecule has 4 rings (SSSR count). The standard InChI is InChI=1S/C22H22N2O6Se/c1-28-18(25)17-13-22(31-14-9-5-4-6-10-14)15-11-7-8-12-16(15)23(20(26)29-2)19(22)24(17)21(27)30-3/h4-12,17,19H,13H2,1-3H3/t17-,19+,22-/m0/s1. The molecule has 2 aliphatic rings. The first-order chi connectivity index (χ1) is 15.0. The number of esters is 1. The summed E-state index contributed by atoms with van der Waals surface area (Å²) in [5.74, 6) is -0.551. The Morgan fingerprint density at radius 3 is 2.19 bits per heavy atom. The average molecular weight is 489 g/mol. The second kappa shape index (κ2) is 8.24. The third-order valence-electron chi connectivity index (χ3n) is 5.65. The van der Waals surface area contributed by atoms with Crippen molar-refractivity contribution in [3.63, 3.8) is 0 Å². The molecule has 0 saturated carbocycles. The number of amides is 2. The molecule has 0 aromatic heterocycles. The van der Waals surface area contributed by atoms with Gasteiger partial charge in [0, 0.05) is 0 Å². The Bertz CT molecular complexity index is 1020. The van der Waals surface area contributed by atoms with Crippen LogP contribution in [-0.2, 0) is 23.3 Å². The molecule has 2 aromatic rings. The molecule has 31 heavy (non-hydrogen) atoms. The van der Waals surface area contributed by atoms with E-state index in [0.29, 0.717) is 12.1 Å². The molecule has 2 heterocycles. The Morgan fingerprint density at radius 2 is 1.55 bits per heavy atom. The Hall–Kier alpha value is -3.03. The number of likely N-dealkylation sites (tertiary alicyclic amines) is 1. The molecule has 162 valence electrons. The molecule has 3 atom stereocenters. The van der Waals surface area contributed by atoms with Crippen molar-refractivity contribution in [1.82, 2.24) is 4.90 Å². The van der Waals surface area contributed by atoms with E-state index in [4.69, 9.17) is 14.2 Å². The zero-order valence-electron chi connectivity index (χ0n) is 17.3. The third kappa shape index (κ3) is 3.25. The van der Waals surface area contributed by atoms with E-state index in [2.05, 4.69) is 0 Å². The Labute approximate surface area is 186 Å². The van der Waals surface area contributed by atoms with E-state index < -0.39 is 34.7 Å². The van der Waals surface area contributed by atoms with Crippen LogP contribution in [0.4, 0.5) is 15.3 Å². The van der Waals surface area contributed by atoms with Gasteiger partial charge in [-0.25, -0.2) is 0 Å². The predicted octanol–water partition coefficient (Wildman–Crippen LogP) is 1.84. The quantitative estimate of drug-likeness (QED) is 0.372. The van der Waals surface area contributed by atoms with Crippen molar-refractivity contribution in [3.05, 3.63) is 60.2 Å². The van der Waals surface area contributed by atoms with E-state index in [1.54, 1.807) is 0 Å². The molecular weight excluding hydrogens is 467 g/mol. The van der Waals surface area contributed by atoms with E-state index in [-0.39, 0.29) is 15.0 Å². The Kier molecular flexibility index (Phi) is 5.64. The van der Waals surface area contributed by atoms with Gasteiger partial charge in [0.15, 0.2) is 0 Å². The van der Waals surface area contributed by atoms with Gasteiger partial charge in [-0.15, -0.1) is 0 Å². The zero-order valence-corrected chi connectivity index (χ0v) is 19.0. The van der Waals surface area contributed by atoms with Gasteiger partial charge in [0.1, 0.15) is 0 Å². The van der Waals surface area contributed by atoms with E-state index in [1.165, 1.54) is 31.1 Å². The summed E-state index contributed by atoms with van der Waals surface area (Å²) in [6.45, 7) is 0. The fourth-order valence-corrected chi connectivity index (χ4v) is 7.73. The number of benzene rings is 2. The van der Waals surface area contributed by atoms with E-state index >= 15 is 0 Å². The molecule has 2 amide bonds. The summed E-state index contributed by atoms with van der Waals surface area (Å²) in [5.41, 5.74) is 1.56. The second-order valence-electron chi connectivity index (χ2n) is 7.16. The molecule has 2 aromatic carbocycles. The fourth-order valence-electron chi connectivity index (χ4n) is 4.45. The van der Waals surface area contributed by atoms with Crippen LogP contribution in [0.1, 0.15) is 12.0 Å². The molecule has 9 heteroatoms. The number of nitrogens with zero attached hydrogens (tertiary/aromatic N) is 2. The van der Waals surface area contributed by atoms with Crippen molar-refractivity contribution in [1.29, 1.82) is 0 Å². The van der Waals surface area contributed by atoms with Crippen molar-refractivity contribution in [2.75, 3.05) is 26.2 Å². The molecule has 0 N–H and O–H groups in total. The van der Waals surface area contributed by atoms with Gasteiger partial charge in [0.25, 0.3) is 0 Å². The van der Waals surface area contributed by atoms with Crippen molar-refractivity contribution < 1.29 is 28.6 Å². The summed E-state index contributed by atoms with van der Waals surface area (Å²) < 4.78 is 15.5. The number of carbonyl (C=O) groups is 3. The molecule has 8 nitrogen and oxygen atoms in total. The molecule has 1 fully saturated rings. The Balaban J connectivity index is 1.96. The average Bonchev–Trinajstić information content (AvgIpc) is 3.27. The topological polar surface area (TPSA) is 85.4 Å². The predicted molar refractivity (Wildman–Crippen MR) is 113 cm³/mol. The van der Waals surface area contributed by atoms with Crippen LogP contribution in [0.2, 0.25) is 0 Å². The van der Waals surface area contributed by atoms with Crippen molar-refractivity contribution in [2.45, 2.75) is 22.9 Å². The van der Waals surface area contributed by atoms with Crippen LogP contribution < -0.4 is 9.36 Å². The summed E-state index contributed by atoms with van der Waals surface area (Å²) in [4.78, 5) is 41.4. The minimum atomic E-state index is -0.895. The maximum atomic E-state index is 12.9. The first-order valence-corrected chi connectivity index (χ1v) is 11.3. The van der Waals surface area contributed by atoms with Crippen LogP contribution in [-0.4, -0.2) is 71.5 Å². The number of ether oxygens (including phenoxy) is 3. The van der Waals surface area contributed by atoms with Gasteiger partial charge in [-0.1, -0.05) is 0 Å². The summed E-state index contributed by atoms with van der Waals surface area (Å²) >= 11 is -0.243. The minimum absolute atomic E-state index is 0.243. The summed E-state index contributed by atoms with van der Waals surface area (Å²) in [7, 11) is 3.83. The number of carbonyl (C=O) groups excluding carboxylic acids is 3. The molecular formula is C22H22N2O6Se. The molecule has 0 bridgehead atoms. The maximum absolute atomic E-state index is 12.9. The van der Waals surface area contributed by atoms with E-state index in [9.17, 15) is 14.4 Å². The molecule has 1 saturated heterocycles. The van der Waals surface area contributed by atoms with E-state index in [0.717, 1.165) is 10.0 Å².